The van der Waals surface area contributed by atoms with Crippen molar-refractivity contribution >= 4 is 0 Å². The van der Waals surface area contributed by atoms with Gasteiger partial charge in [0.15, 0.2) is 0 Å². The second-order valence-corrected chi connectivity index (χ2v) is 4.56. The van der Waals surface area contributed by atoms with E-state index in [1.807, 2.05) is 0 Å². The molecule has 0 saturated carbocycles. The molecule has 0 aromatic heterocycles. The molecular weight excluding hydrogens is 196 g/mol. The van der Waals surface area contributed by atoms with E-state index in [1.54, 1.807) is 0 Å². The van der Waals surface area contributed by atoms with E-state index in [-0.39, 0.29) is 0 Å². The minimum atomic E-state index is 0.320. The van der Waals surface area contributed by atoms with Gasteiger partial charge in [-0.1, -0.05) is 63.8 Å². The minimum absolute atomic E-state index is 0.320. The summed E-state index contributed by atoms with van der Waals surface area (Å²) in [5.74, 6) is 0. The molecule has 1 nitrogen and oxygen atoms in total. The standard InChI is InChI=1S/C15H26O/c1-3-5-6-8-12-15-13-10-7-9-11-14(4-2)16-15/h9-11,13-15H,3-8,12H2,1-2H3/b11-9?,13-10-/t14-,15+/m1/s1. The first-order valence-electron chi connectivity index (χ1n) is 6.85. The smallest absolute Gasteiger partial charge is 0.0764 e. The largest absolute Gasteiger partial charge is 0.367 e. The molecule has 1 aliphatic heterocycles. The lowest BCUT2D eigenvalue weighted by molar-refractivity contribution is 0.0327. The van der Waals surface area contributed by atoms with Gasteiger partial charge in [0, 0.05) is 0 Å². The van der Waals surface area contributed by atoms with Crippen molar-refractivity contribution in [2.45, 2.75) is 71.0 Å². The molecule has 0 radical (unpaired) electrons. The summed E-state index contributed by atoms with van der Waals surface area (Å²) < 4.78 is 6.05. The van der Waals surface area contributed by atoms with Crippen molar-refractivity contribution in [2.75, 3.05) is 0 Å². The number of ether oxygens (including phenoxy) is 1. The fourth-order valence-corrected chi connectivity index (χ4v) is 2.02. The summed E-state index contributed by atoms with van der Waals surface area (Å²) in [6.07, 6.45) is 18.2. The van der Waals surface area contributed by atoms with Gasteiger partial charge in [0.05, 0.1) is 12.2 Å². The number of allylic oxidation sites excluding steroid dienone is 2. The third-order valence-corrected chi connectivity index (χ3v) is 3.07. The molecule has 0 amide bonds. The zero-order valence-corrected chi connectivity index (χ0v) is 10.8. The molecule has 0 spiro atoms. The van der Waals surface area contributed by atoms with Crippen LogP contribution in [0.25, 0.3) is 0 Å². The predicted molar refractivity (Wildman–Crippen MR) is 70.6 cm³/mol. The fraction of sp³-hybridized carbons (Fsp3) is 0.733. The molecule has 0 aromatic carbocycles. The fourth-order valence-electron chi connectivity index (χ4n) is 2.02. The van der Waals surface area contributed by atoms with Gasteiger partial charge in [-0.3, -0.25) is 0 Å². The van der Waals surface area contributed by atoms with Gasteiger partial charge < -0.3 is 4.74 Å². The first-order valence-corrected chi connectivity index (χ1v) is 6.85. The van der Waals surface area contributed by atoms with Crippen LogP contribution >= 0.6 is 0 Å². The predicted octanol–water partition coefficient (Wildman–Crippen LogP) is 4.64. The van der Waals surface area contributed by atoms with Gasteiger partial charge in [-0.25, -0.2) is 0 Å². The third-order valence-electron chi connectivity index (χ3n) is 3.07. The molecule has 1 aliphatic rings. The molecule has 1 heteroatoms. The highest BCUT2D eigenvalue weighted by molar-refractivity contribution is 5.02. The second kappa shape index (κ2) is 8.58. The zero-order valence-electron chi connectivity index (χ0n) is 10.8. The molecule has 0 saturated heterocycles. The van der Waals surface area contributed by atoms with Gasteiger partial charge >= 0.3 is 0 Å². The van der Waals surface area contributed by atoms with E-state index in [1.165, 1.54) is 32.1 Å². The Bertz CT molecular complexity index is 217. The van der Waals surface area contributed by atoms with Crippen LogP contribution in [0.4, 0.5) is 0 Å². The number of hydrogen-bond donors (Lipinski definition) is 0. The van der Waals surface area contributed by atoms with E-state index in [2.05, 4.69) is 38.2 Å². The maximum atomic E-state index is 6.05. The van der Waals surface area contributed by atoms with Gasteiger partial charge in [-0.15, -0.1) is 0 Å². The summed E-state index contributed by atoms with van der Waals surface area (Å²) in [5.41, 5.74) is 0. The van der Waals surface area contributed by atoms with Gasteiger partial charge in [0.1, 0.15) is 0 Å². The Morgan fingerprint density at radius 1 is 1.00 bits per heavy atom. The van der Waals surface area contributed by atoms with Crippen molar-refractivity contribution in [1.29, 1.82) is 0 Å². The van der Waals surface area contributed by atoms with E-state index >= 15 is 0 Å². The van der Waals surface area contributed by atoms with Gasteiger partial charge in [-0.05, 0) is 19.3 Å². The van der Waals surface area contributed by atoms with Crippen LogP contribution in [-0.4, -0.2) is 12.2 Å². The normalized spacial score (nSPS) is 27.4. The molecule has 1 rings (SSSR count). The topological polar surface area (TPSA) is 9.23 Å². The van der Waals surface area contributed by atoms with Crippen molar-refractivity contribution < 1.29 is 4.74 Å². The molecule has 0 aromatic rings. The minimum Gasteiger partial charge on any atom is -0.367 e. The Balaban J connectivity index is 2.30. The lowest BCUT2D eigenvalue weighted by Crippen LogP contribution is -2.19. The number of rotatable bonds is 6. The van der Waals surface area contributed by atoms with Crippen LogP contribution < -0.4 is 0 Å². The zero-order chi connectivity index (χ0) is 11.6. The van der Waals surface area contributed by atoms with E-state index in [0.29, 0.717) is 12.2 Å². The average molecular weight is 222 g/mol. The Hall–Kier alpha value is -0.560. The average Bonchev–Trinajstić information content (AvgIpc) is 2.27. The highest BCUT2D eigenvalue weighted by Gasteiger charge is 2.11. The lowest BCUT2D eigenvalue weighted by atomic mass is 10.1. The molecule has 16 heavy (non-hydrogen) atoms. The highest BCUT2D eigenvalue weighted by Crippen LogP contribution is 2.15. The van der Waals surface area contributed by atoms with Gasteiger partial charge in [0.25, 0.3) is 0 Å². The first-order chi connectivity index (χ1) is 7.86. The molecule has 0 unspecified atom stereocenters. The molecule has 0 fully saturated rings. The van der Waals surface area contributed by atoms with E-state index in [9.17, 15) is 0 Å². The molecule has 2 atom stereocenters. The second-order valence-electron chi connectivity index (χ2n) is 4.56. The van der Waals surface area contributed by atoms with E-state index in [0.717, 1.165) is 12.8 Å². The molecule has 92 valence electrons. The van der Waals surface area contributed by atoms with Gasteiger partial charge in [-0.2, -0.15) is 0 Å². The monoisotopic (exact) mass is 222 g/mol. The van der Waals surface area contributed by atoms with Crippen LogP contribution in [0.3, 0.4) is 0 Å². The van der Waals surface area contributed by atoms with Crippen molar-refractivity contribution in [3.05, 3.63) is 24.3 Å². The molecule has 1 heterocycles. The van der Waals surface area contributed by atoms with Crippen LogP contribution in [0, 0.1) is 0 Å². The van der Waals surface area contributed by atoms with Crippen LogP contribution in [0.2, 0.25) is 0 Å². The Labute approximate surface area is 101 Å². The summed E-state index contributed by atoms with van der Waals surface area (Å²) in [5, 5.41) is 0. The summed E-state index contributed by atoms with van der Waals surface area (Å²) in [6.45, 7) is 4.44. The summed E-state index contributed by atoms with van der Waals surface area (Å²) in [7, 11) is 0. The van der Waals surface area contributed by atoms with Crippen molar-refractivity contribution in [1.82, 2.24) is 0 Å². The number of hydrogen-bond acceptors (Lipinski definition) is 1. The quantitative estimate of drug-likeness (QED) is 0.470. The first kappa shape index (κ1) is 13.5. The lowest BCUT2D eigenvalue weighted by Gasteiger charge is -2.21. The Morgan fingerprint density at radius 2 is 1.75 bits per heavy atom. The molecule has 0 bridgehead atoms. The maximum absolute atomic E-state index is 6.05. The molecule has 0 N–H and O–H groups in total. The highest BCUT2D eigenvalue weighted by atomic mass is 16.5. The summed E-state index contributed by atoms with van der Waals surface area (Å²) >= 11 is 0. The Kier molecular flexibility index (Phi) is 7.24. The SMILES string of the molecule is CCCCCC[C@H]1/C=C\CC=C[C@@H](CC)O1. The molecule has 0 aliphatic carbocycles. The van der Waals surface area contributed by atoms with E-state index in [4.69, 9.17) is 4.74 Å². The van der Waals surface area contributed by atoms with Crippen molar-refractivity contribution in [3.63, 3.8) is 0 Å². The third kappa shape index (κ3) is 5.50. The van der Waals surface area contributed by atoms with Crippen LogP contribution in [0.1, 0.15) is 58.8 Å². The van der Waals surface area contributed by atoms with Crippen molar-refractivity contribution in [2.24, 2.45) is 0 Å². The van der Waals surface area contributed by atoms with Crippen LogP contribution in [-0.2, 0) is 4.74 Å². The number of unbranched alkanes of at least 4 members (excludes halogenated alkanes) is 3. The van der Waals surface area contributed by atoms with Gasteiger partial charge in [0.2, 0.25) is 0 Å². The summed E-state index contributed by atoms with van der Waals surface area (Å²) in [6, 6.07) is 0. The van der Waals surface area contributed by atoms with Crippen LogP contribution in [0.5, 0.6) is 0 Å². The maximum Gasteiger partial charge on any atom is 0.0764 e. The van der Waals surface area contributed by atoms with Crippen LogP contribution in [0.15, 0.2) is 24.3 Å². The van der Waals surface area contributed by atoms with E-state index < -0.39 is 0 Å². The Morgan fingerprint density at radius 3 is 2.44 bits per heavy atom. The molecular formula is C15H26O. The van der Waals surface area contributed by atoms with Crippen molar-refractivity contribution in [3.8, 4) is 0 Å². The summed E-state index contributed by atoms with van der Waals surface area (Å²) in [4.78, 5) is 0.